The van der Waals surface area contributed by atoms with Gasteiger partial charge in [-0.1, -0.05) is 18.2 Å². The van der Waals surface area contributed by atoms with Crippen LogP contribution >= 0.6 is 22.6 Å². The predicted octanol–water partition coefficient (Wildman–Crippen LogP) is 3.86. The Morgan fingerprint density at radius 3 is 2.57 bits per heavy atom. The third-order valence-electron chi connectivity index (χ3n) is 5.77. The number of benzene rings is 2. The minimum atomic E-state index is -1.04. The molecule has 5 nitrogen and oxygen atoms in total. The Hall–Kier alpha value is -1.80. The number of carbonyl (C=O) groups excluding carboxylic acids is 1. The molecule has 0 spiro atoms. The third kappa shape index (κ3) is 3.59. The van der Waals surface area contributed by atoms with Crippen LogP contribution in [0.5, 0.6) is 11.5 Å². The summed E-state index contributed by atoms with van der Waals surface area (Å²) in [6, 6.07) is 7.17. The molecule has 1 aliphatic rings. The Kier molecular flexibility index (Phi) is 5.91. The summed E-state index contributed by atoms with van der Waals surface area (Å²) in [6.45, 7) is 7.23. The zero-order chi connectivity index (χ0) is 20.6. The van der Waals surface area contributed by atoms with Crippen LogP contribution in [-0.2, 0) is 11.2 Å². The van der Waals surface area contributed by atoms with E-state index >= 15 is 0 Å². The van der Waals surface area contributed by atoms with Gasteiger partial charge in [-0.25, -0.2) is 0 Å². The van der Waals surface area contributed by atoms with E-state index in [1.54, 1.807) is 6.92 Å². The Morgan fingerprint density at radius 2 is 1.93 bits per heavy atom. The molecule has 2 atom stereocenters. The molecule has 0 fully saturated rings. The van der Waals surface area contributed by atoms with Crippen molar-refractivity contribution in [2.45, 2.75) is 52.2 Å². The Balaban J connectivity index is 1.88. The van der Waals surface area contributed by atoms with E-state index in [4.69, 9.17) is 4.74 Å². The summed E-state index contributed by atoms with van der Waals surface area (Å²) in [5.41, 5.74) is 3.24. The average Bonchev–Trinajstić information content (AvgIpc) is 2.69. The summed E-state index contributed by atoms with van der Waals surface area (Å²) in [5.74, 6) is 0.734. The Labute approximate surface area is 179 Å². The van der Waals surface area contributed by atoms with Crippen LogP contribution in [-0.4, -0.2) is 28.3 Å². The number of aromatic hydroxyl groups is 1. The fourth-order valence-corrected chi connectivity index (χ4v) is 4.46. The minimum Gasteiger partial charge on any atom is -0.507 e. The molecule has 1 aliphatic heterocycles. The average molecular weight is 495 g/mol. The van der Waals surface area contributed by atoms with Gasteiger partial charge in [-0.3, -0.25) is 4.79 Å². The highest BCUT2D eigenvalue weighted by Gasteiger charge is 2.41. The van der Waals surface area contributed by atoms with E-state index in [0.29, 0.717) is 24.3 Å². The SMILES string of the molecule is Cc1c(C)c2c(c(C)c1O)CCC(C)(C(=O)N[C@H](CO)c1ccccc1I)O2. The van der Waals surface area contributed by atoms with E-state index in [-0.39, 0.29) is 12.5 Å². The zero-order valence-electron chi connectivity index (χ0n) is 16.6. The summed E-state index contributed by atoms with van der Waals surface area (Å²) < 4.78 is 7.22. The van der Waals surface area contributed by atoms with Crippen LogP contribution < -0.4 is 10.1 Å². The van der Waals surface area contributed by atoms with E-state index in [1.807, 2.05) is 45.0 Å². The van der Waals surface area contributed by atoms with Gasteiger partial charge in [-0.05, 0) is 85.0 Å². The number of hydrogen-bond acceptors (Lipinski definition) is 4. The number of hydrogen-bond donors (Lipinski definition) is 3. The van der Waals surface area contributed by atoms with Crippen LogP contribution in [0.3, 0.4) is 0 Å². The number of fused-ring (bicyclic) bond motifs is 1. The molecule has 2 aromatic rings. The van der Waals surface area contributed by atoms with Crippen molar-refractivity contribution >= 4 is 28.5 Å². The maximum Gasteiger partial charge on any atom is 0.264 e. The molecule has 2 aromatic carbocycles. The number of halogens is 1. The van der Waals surface area contributed by atoms with Crippen molar-refractivity contribution in [1.82, 2.24) is 5.32 Å². The quantitative estimate of drug-likeness (QED) is 0.564. The molecule has 1 heterocycles. The molecule has 28 heavy (non-hydrogen) atoms. The van der Waals surface area contributed by atoms with Crippen molar-refractivity contribution in [3.63, 3.8) is 0 Å². The lowest BCUT2D eigenvalue weighted by Gasteiger charge is -2.37. The molecule has 0 bridgehead atoms. The zero-order valence-corrected chi connectivity index (χ0v) is 18.8. The molecular weight excluding hydrogens is 469 g/mol. The van der Waals surface area contributed by atoms with Gasteiger partial charge in [0.2, 0.25) is 0 Å². The lowest BCUT2D eigenvalue weighted by Crippen LogP contribution is -2.52. The van der Waals surface area contributed by atoms with Gasteiger partial charge in [-0.15, -0.1) is 0 Å². The summed E-state index contributed by atoms with van der Waals surface area (Å²) in [5, 5.41) is 23.1. The molecule has 6 heteroatoms. The molecule has 3 N–H and O–H groups in total. The van der Waals surface area contributed by atoms with Crippen LogP contribution in [0.25, 0.3) is 0 Å². The summed E-state index contributed by atoms with van der Waals surface area (Å²) in [4.78, 5) is 13.1. The molecule has 1 unspecified atom stereocenters. The van der Waals surface area contributed by atoms with Crippen molar-refractivity contribution in [1.29, 1.82) is 0 Å². The van der Waals surface area contributed by atoms with E-state index < -0.39 is 11.6 Å². The van der Waals surface area contributed by atoms with E-state index in [0.717, 1.165) is 31.4 Å². The fourth-order valence-electron chi connectivity index (χ4n) is 3.70. The van der Waals surface area contributed by atoms with Gasteiger partial charge in [0.15, 0.2) is 5.60 Å². The molecule has 0 radical (unpaired) electrons. The number of amides is 1. The first-order valence-electron chi connectivity index (χ1n) is 9.36. The first kappa shape index (κ1) is 20.9. The summed E-state index contributed by atoms with van der Waals surface area (Å²) >= 11 is 2.20. The van der Waals surface area contributed by atoms with Crippen molar-refractivity contribution < 1.29 is 19.7 Å². The lowest BCUT2D eigenvalue weighted by molar-refractivity contribution is -0.138. The van der Waals surface area contributed by atoms with Gasteiger partial charge in [0.05, 0.1) is 12.6 Å². The van der Waals surface area contributed by atoms with Crippen molar-refractivity contribution in [3.05, 3.63) is 55.7 Å². The maximum absolute atomic E-state index is 13.1. The summed E-state index contributed by atoms with van der Waals surface area (Å²) in [6.07, 6.45) is 1.14. The first-order valence-corrected chi connectivity index (χ1v) is 10.4. The molecule has 0 saturated heterocycles. The number of nitrogens with one attached hydrogen (secondary N) is 1. The van der Waals surface area contributed by atoms with Gasteiger partial charge in [-0.2, -0.15) is 0 Å². The molecule has 3 rings (SSSR count). The maximum atomic E-state index is 13.1. The highest BCUT2D eigenvalue weighted by atomic mass is 127. The van der Waals surface area contributed by atoms with E-state index in [9.17, 15) is 15.0 Å². The van der Waals surface area contributed by atoms with Gasteiger partial charge >= 0.3 is 0 Å². The number of ether oxygens (including phenoxy) is 1. The second-order valence-corrected chi connectivity index (χ2v) is 8.76. The number of aliphatic hydroxyl groups is 1. The Bertz CT molecular complexity index is 927. The van der Waals surface area contributed by atoms with Crippen molar-refractivity contribution in [3.8, 4) is 11.5 Å². The lowest BCUT2D eigenvalue weighted by atomic mass is 9.86. The Morgan fingerprint density at radius 1 is 1.25 bits per heavy atom. The molecule has 0 aliphatic carbocycles. The second-order valence-electron chi connectivity index (χ2n) is 7.59. The standard InChI is InChI=1S/C22H26INO4/c1-12-13(2)20-15(14(3)19(12)26)9-10-22(4,28-20)21(27)24-18(11-25)16-7-5-6-8-17(16)23/h5-8,18,25-26H,9-11H2,1-4H3,(H,24,27)/t18-,22?/m1/s1. The number of phenolic OH excluding ortho intramolecular Hbond substituents is 1. The van der Waals surface area contributed by atoms with E-state index in [1.165, 1.54) is 0 Å². The fraction of sp³-hybridized carbons (Fsp3) is 0.409. The third-order valence-corrected chi connectivity index (χ3v) is 6.75. The monoisotopic (exact) mass is 495 g/mol. The van der Waals surface area contributed by atoms with Crippen LogP contribution in [0.15, 0.2) is 24.3 Å². The highest BCUT2D eigenvalue weighted by molar-refractivity contribution is 14.1. The largest absolute Gasteiger partial charge is 0.507 e. The van der Waals surface area contributed by atoms with Gasteiger partial charge < -0.3 is 20.3 Å². The first-order chi connectivity index (χ1) is 13.2. The molecular formula is C22H26INO4. The number of phenols is 1. The molecule has 0 saturated carbocycles. The van der Waals surface area contributed by atoms with Gasteiger partial charge in [0, 0.05) is 15.6 Å². The van der Waals surface area contributed by atoms with Crippen molar-refractivity contribution in [2.24, 2.45) is 0 Å². The van der Waals surface area contributed by atoms with E-state index in [2.05, 4.69) is 27.9 Å². The minimum absolute atomic E-state index is 0.191. The number of rotatable bonds is 4. The van der Waals surface area contributed by atoms with Crippen LogP contribution in [0.4, 0.5) is 0 Å². The molecule has 0 aromatic heterocycles. The predicted molar refractivity (Wildman–Crippen MR) is 117 cm³/mol. The van der Waals surface area contributed by atoms with Crippen LogP contribution in [0.1, 0.15) is 47.2 Å². The van der Waals surface area contributed by atoms with Gasteiger partial charge in [0.25, 0.3) is 5.91 Å². The number of carbonyl (C=O) groups is 1. The molecule has 1 amide bonds. The normalized spacial score (nSPS) is 19.5. The van der Waals surface area contributed by atoms with Gasteiger partial charge in [0.1, 0.15) is 11.5 Å². The summed E-state index contributed by atoms with van der Waals surface area (Å²) in [7, 11) is 0. The topological polar surface area (TPSA) is 78.8 Å². The number of aliphatic hydroxyl groups excluding tert-OH is 1. The van der Waals surface area contributed by atoms with Crippen molar-refractivity contribution in [2.75, 3.05) is 6.61 Å². The smallest absolute Gasteiger partial charge is 0.264 e. The molecule has 150 valence electrons. The van der Waals surface area contributed by atoms with Crippen LogP contribution in [0.2, 0.25) is 0 Å². The van der Waals surface area contributed by atoms with Crippen LogP contribution in [0, 0.1) is 24.3 Å². The second kappa shape index (κ2) is 7.91. The highest BCUT2D eigenvalue weighted by Crippen LogP contribution is 2.43.